The standard InChI is InChI=1S/C54H66N2O12S2/c57-26-33-8-4-7-32(21-33)22-34-23-38-45(61)37-10-5-11-39-44(37)47(63)54(38,41(60)24-34)42(12-17-52(65)15-2-1-3-16-52)70-69-31-56-43-25-35(13-20-55-43)51(19-18-50(29-51)14-6-9-36(50)27-58)30-53(66)46(62)40(28-59)68-49(67-39)48(53)64/h4-5,7-8,10-11,13,21,23-25,27,36,38,40,42,46,48-49,55-57,59-60,62,64-66H,1-3,6,9,12,14-20,22,26,28-31H2. The van der Waals surface area contributed by atoms with Gasteiger partial charge in [0.2, 0.25) is 6.29 Å². The van der Waals surface area contributed by atoms with Crippen molar-refractivity contribution in [1.29, 1.82) is 0 Å². The molecule has 3 saturated carbocycles. The van der Waals surface area contributed by atoms with E-state index in [9.17, 15) is 40.5 Å². The average Bonchev–Trinajstić information content (AvgIpc) is 3.95. The summed E-state index contributed by atoms with van der Waals surface area (Å²) in [6, 6.07) is 12.0. The van der Waals surface area contributed by atoms with Crippen molar-refractivity contribution in [1.82, 2.24) is 10.6 Å². The Hall–Kier alpha value is -3.97. The number of aliphatic hydroxyl groups excluding tert-OH is 5. The molecule has 6 bridgehead atoms. The second kappa shape index (κ2) is 19.5. The number of dihydropyridines is 1. The Bertz CT molecular complexity index is 2510. The van der Waals surface area contributed by atoms with Gasteiger partial charge in [0.25, 0.3) is 0 Å². The van der Waals surface area contributed by atoms with Crippen LogP contribution in [0.5, 0.6) is 5.75 Å². The molecule has 2 aromatic carbocycles. The van der Waals surface area contributed by atoms with Gasteiger partial charge in [-0.2, -0.15) is 0 Å². The third kappa shape index (κ3) is 8.50. The number of ether oxygens (including phenoxy) is 2. The van der Waals surface area contributed by atoms with Crippen LogP contribution in [0.25, 0.3) is 0 Å². The lowest BCUT2D eigenvalue weighted by Gasteiger charge is -2.51. The lowest BCUT2D eigenvalue weighted by Crippen LogP contribution is -2.69. The van der Waals surface area contributed by atoms with Crippen LogP contribution in [0.15, 0.2) is 89.5 Å². The van der Waals surface area contributed by atoms with E-state index in [1.54, 1.807) is 24.3 Å². The van der Waals surface area contributed by atoms with E-state index in [2.05, 4.69) is 16.7 Å². The van der Waals surface area contributed by atoms with E-state index < -0.39 is 76.0 Å². The third-order valence-electron chi connectivity index (χ3n) is 17.5. The van der Waals surface area contributed by atoms with Crippen LogP contribution in [-0.4, -0.2) is 114 Å². The van der Waals surface area contributed by atoms with Gasteiger partial charge in [0.15, 0.2) is 11.6 Å². The molecule has 0 aromatic heterocycles. The van der Waals surface area contributed by atoms with Crippen LogP contribution in [0.2, 0.25) is 0 Å². The summed E-state index contributed by atoms with van der Waals surface area (Å²) in [4.78, 5) is 44.1. The summed E-state index contributed by atoms with van der Waals surface area (Å²) in [7, 11) is 2.82. The average molecular weight is 999 g/mol. The van der Waals surface area contributed by atoms with E-state index in [-0.39, 0.29) is 53.4 Å². The fourth-order valence-electron chi connectivity index (χ4n) is 13.9. The first kappa shape index (κ1) is 49.6. The Morgan fingerprint density at radius 3 is 2.47 bits per heavy atom. The van der Waals surface area contributed by atoms with Crippen molar-refractivity contribution in [3.05, 3.63) is 112 Å². The summed E-state index contributed by atoms with van der Waals surface area (Å²) in [6.07, 6.45) is 10.4. The minimum Gasteiger partial charge on any atom is -0.511 e. The van der Waals surface area contributed by atoms with Crippen LogP contribution in [-0.2, 0) is 22.6 Å². The third-order valence-corrected chi connectivity index (χ3v) is 20.2. The number of benzene rings is 2. The number of carbonyl (C=O) groups excluding carboxylic acids is 3. The van der Waals surface area contributed by atoms with Crippen LogP contribution in [0.3, 0.4) is 0 Å². The van der Waals surface area contributed by atoms with E-state index in [0.29, 0.717) is 74.3 Å². The summed E-state index contributed by atoms with van der Waals surface area (Å²) in [5.41, 5.74) is -3.51. The zero-order valence-corrected chi connectivity index (χ0v) is 41.0. The van der Waals surface area contributed by atoms with Gasteiger partial charge in [-0.25, -0.2) is 0 Å². The number of carbonyl (C=O) groups is 3. The van der Waals surface area contributed by atoms with Gasteiger partial charge < -0.3 is 60.6 Å². The van der Waals surface area contributed by atoms with Crippen LogP contribution in [0, 0.1) is 28.1 Å². The fourth-order valence-corrected chi connectivity index (χ4v) is 16.7. The molecular formula is C54H66N2O12S2. The molecular weight excluding hydrogens is 933 g/mol. The van der Waals surface area contributed by atoms with Crippen molar-refractivity contribution >= 4 is 39.4 Å². The highest BCUT2D eigenvalue weighted by Gasteiger charge is 2.65. The maximum Gasteiger partial charge on any atom is 0.229 e. The predicted molar refractivity (Wildman–Crippen MR) is 264 cm³/mol. The van der Waals surface area contributed by atoms with Crippen LogP contribution in [0.4, 0.5) is 0 Å². The SMILES string of the molecule is O=CC1CCCC12CCC1(C2)CC2(O)C(O)C(CO)OC(Oc3cccc4c3C(=O)C3(C(O)=CC(Cc5cccc(CO)c5)=CC3C4=O)C(CCC3(O)CCCCC3)SSCNC3=CC1=CCN3)C2O. The molecule has 0 radical (unpaired) electrons. The highest BCUT2D eigenvalue weighted by molar-refractivity contribution is 8.76. The summed E-state index contributed by atoms with van der Waals surface area (Å²) in [5.74, 6) is -1.85. The van der Waals surface area contributed by atoms with E-state index in [1.165, 1.54) is 33.7 Å². The highest BCUT2D eigenvalue weighted by atomic mass is 33.1. The molecule has 1 saturated heterocycles. The molecule has 3 spiro atoms. The second-order valence-corrected chi connectivity index (χ2v) is 24.0. The Morgan fingerprint density at radius 1 is 0.886 bits per heavy atom. The monoisotopic (exact) mass is 998 g/mol. The van der Waals surface area contributed by atoms with Crippen molar-refractivity contribution in [2.24, 2.45) is 28.1 Å². The number of ketones is 2. The number of rotatable bonds is 8. The smallest absolute Gasteiger partial charge is 0.229 e. The quantitative estimate of drug-likeness (QED) is 0.108. The predicted octanol–water partition coefficient (Wildman–Crippen LogP) is 6.04. The van der Waals surface area contributed by atoms with E-state index in [4.69, 9.17) is 9.47 Å². The Morgan fingerprint density at radius 2 is 1.69 bits per heavy atom. The zero-order valence-electron chi connectivity index (χ0n) is 39.4. The molecule has 376 valence electrons. The Kier molecular flexibility index (Phi) is 13.8. The maximum atomic E-state index is 16.1. The largest absolute Gasteiger partial charge is 0.511 e. The van der Waals surface area contributed by atoms with Gasteiger partial charge in [0.05, 0.1) is 42.0 Å². The Balaban J connectivity index is 1.11. The van der Waals surface area contributed by atoms with Crippen molar-refractivity contribution in [2.75, 3.05) is 19.0 Å². The number of aliphatic hydroxyl groups is 7. The molecule has 3 aliphatic heterocycles. The van der Waals surface area contributed by atoms with E-state index in [1.807, 2.05) is 24.3 Å². The molecule has 8 aliphatic rings. The maximum absolute atomic E-state index is 16.1. The summed E-state index contributed by atoms with van der Waals surface area (Å²) in [6.45, 7) is -0.490. The molecule has 14 nitrogen and oxygen atoms in total. The van der Waals surface area contributed by atoms with E-state index >= 15 is 9.59 Å². The van der Waals surface area contributed by atoms with E-state index in [0.717, 1.165) is 55.9 Å². The lowest BCUT2D eigenvalue weighted by molar-refractivity contribution is -0.319. The first-order valence-corrected chi connectivity index (χ1v) is 27.5. The van der Waals surface area contributed by atoms with Crippen LogP contribution < -0.4 is 15.4 Å². The van der Waals surface area contributed by atoms with Crippen LogP contribution in [0.1, 0.15) is 122 Å². The number of Topliss-reactive ketones (excluding diaryl/α,β-unsaturated/α-hetero) is 2. The Labute approximate surface area is 416 Å². The van der Waals surface area contributed by atoms with Crippen molar-refractivity contribution in [3.8, 4) is 5.75 Å². The van der Waals surface area contributed by atoms with Gasteiger partial charge in [-0.05, 0) is 122 Å². The normalized spacial score (nSPS) is 37.1. The zero-order chi connectivity index (χ0) is 49.1. The topological polar surface area (TPSA) is 235 Å². The molecule has 11 atom stereocenters. The van der Waals surface area contributed by atoms with Gasteiger partial charge in [0, 0.05) is 23.3 Å². The minimum absolute atomic E-state index is 0.0302. The van der Waals surface area contributed by atoms with Gasteiger partial charge in [-0.15, -0.1) is 0 Å². The fraction of sp³-hybridized carbons (Fsp3) is 0.574. The van der Waals surface area contributed by atoms with Gasteiger partial charge >= 0.3 is 0 Å². The van der Waals surface area contributed by atoms with Gasteiger partial charge in [0.1, 0.15) is 47.1 Å². The molecule has 5 aliphatic carbocycles. The lowest BCUT2D eigenvalue weighted by atomic mass is 9.56. The summed E-state index contributed by atoms with van der Waals surface area (Å²) >= 11 is 0. The molecule has 9 N–H and O–H groups in total. The molecule has 16 heteroatoms. The molecule has 2 aromatic rings. The second-order valence-electron chi connectivity index (χ2n) is 21.4. The minimum atomic E-state index is -2.35. The molecule has 11 unspecified atom stereocenters. The summed E-state index contributed by atoms with van der Waals surface area (Å²) < 4.78 is 12.7. The van der Waals surface area contributed by atoms with Crippen molar-refractivity contribution in [2.45, 2.75) is 144 Å². The molecule has 0 amide bonds. The van der Waals surface area contributed by atoms with Crippen molar-refractivity contribution < 1.29 is 59.6 Å². The molecule has 3 heterocycles. The van der Waals surface area contributed by atoms with Gasteiger partial charge in [-0.1, -0.05) is 95.8 Å². The number of nitrogens with one attached hydrogen (secondary N) is 2. The molecule has 10 rings (SSSR count). The first-order valence-electron chi connectivity index (χ1n) is 25.1. The number of hydrogen-bond donors (Lipinski definition) is 9. The number of hydrogen-bond acceptors (Lipinski definition) is 16. The van der Waals surface area contributed by atoms with Crippen LogP contribution >= 0.6 is 21.6 Å². The molecule has 70 heavy (non-hydrogen) atoms. The number of fused-ring (bicyclic) bond motifs is 4. The summed E-state index contributed by atoms with van der Waals surface area (Å²) in [5, 5.41) is 89.0. The molecule has 4 fully saturated rings. The van der Waals surface area contributed by atoms with Crippen molar-refractivity contribution in [3.63, 3.8) is 0 Å². The first-order chi connectivity index (χ1) is 33.7. The number of aldehydes is 1. The highest BCUT2D eigenvalue weighted by Crippen LogP contribution is 2.65. The number of allylic oxidation sites excluding steroid dienone is 6. The van der Waals surface area contributed by atoms with Gasteiger partial charge in [-0.3, -0.25) is 9.59 Å².